The Hall–Kier alpha value is -1.30. The molecule has 0 bridgehead atoms. The van der Waals surface area contributed by atoms with Gasteiger partial charge in [0.05, 0.1) is 6.61 Å². The van der Waals surface area contributed by atoms with E-state index >= 15 is 0 Å². The summed E-state index contributed by atoms with van der Waals surface area (Å²) in [6.07, 6.45) is 0. The van der Waals surface area contributed by atoms with E-state index < -0.39 is 0 Å². The van der Waals surface area contributed by atoms with Gasteiger partial charge in [-0.05, 0) is 38.7 Å². The molecule has 5 heteroatoms. The average molecular weight is 280 g/mol. The molecule has 1 aliphatic heterocycles. The van der Waals surface area contributed by atoms with Gasteiger partial charge in [0, 0.05) is 25.7 Å². The van der Waals surface area contributed by atoms with E-state index in [1.165, 1.54) is 5.56 Å². The number of ether oxygens (including phenoxy) is 3. The highest BCUT2D eigenvalue weighted by molar-refractivity contribution is 5.45. The topological polar surface area (TPSA) is 43.0 Å². The van der Waals surface area contributed by atoms with Crippen molar-refractivity contribution in [2.75, 3.05) is 47.2 Å². The third-order valence-corrected chi connectivity index (χ3v) is 3.46. The van der Waals surface area contributed by atoms with Gasteiger partial charge in [0.2, 0.25) is 6.79 Å². The molecule has 0 saturated heterocycles. The molecule has 20 heavy (non-hydrogen) atoms. The quantitative estimate of drug-likeness (QED) is 0.733. The Morgan fingerprint density at radius 1 is 1.35 bits per heavy atom. The second-order valence-electron chi connectivity index (χ2n) is 4.91. The second-order valence-corrected chi connectivity index (χ2v) is 4.91. The monoisotopic (exact) mass is 280 g/mol. The van der Waals surface area contributed by atoms with Crippen molar-refractivity contribution in [3.05, 3.63) is 23.8 Å². The van der Waals surface area contributed by atoms with Crippen molar-refractivity contribution in [3.8, 4) is 11.5 Å². The van der Waals surface area contributed by atoms with Crippen LogP contribution in [0, 0.1) is 0 Å². The fraction of sp³-hybridized carbons (Fsp3) is 0.600. The molecular weight excluding hydrogens is 256 g/mol. The molecule has 0 spiro atoms. The Morgan fingerprint density at radius 2 is 2.15 bits per heavy atom. The summed E-state index contributed by atoms with van der Waals surface area (Å²) in [5.41, 5.74) is 1.21. The van der Waals surface area contributed by atoms with Crippen LogP contribution < -0.4 is 14.8 Å². The van der Waals surface area contributed by atoms with Crippen molar-refractivity contribution in [2.24, 2.45) is 0 Å². The van der Waals surface area contributed by atoms with E-state index in [9.17, 15) is 0 Å². The molecule has 1 heterocycles. The van der Waals surface area contributed by atoms with Crippen LogP contribution in [-0.4, -0.2) is 52.1 Å². The van der Waals surface area contributed by atoms with Crippen LogP contribution >= 0.6 is 0 Å². The maximum Gasteiger partial charge on any atom is 0.231 e. The summed E-state index contributed by atoms with van der Waals surface area (Å²) < 4.78 is 16.2. The van der Waals surface area contributed by atoms with E-state index in [4.69, 9.17) is 14.2 Å². The normalized spacial score (nSPS) is 14.8. The molecule has 0 saturated carbocycles. The van der Waals surface area contributed by atoms with Crippen LogP contribution in [-0.2, 0) is 4.74 Å². The summed E-state index contributed by atoms with van der Waals surface area (Å²) in [4.78, 5) is 2.27. The van der Waals surface area contributed by atoms with Crippen molar-refractivity contribution in [2.45, 2.75) is 13.0 Å². The van der Waals surface area contributed by atoms with Gasteiger partial charge in [0.25, 0.3) is 0 Å². The molecule has 2 rings (SSSR count). The van der Waals surface area contributed by atoms with Gasteiger partial charge in [-0.2, -0.15) is 0 Å². The Labute approximate surface area is 120 Å². The first kappa shape index (κ1) is 15.1. The zero-order valence-corrected chi connectivity index (χ0v) is 12.5. The summed E-state index contributed by atoms with van der Waals surface area (Å²) in [6, 6.07) is 6.38. The highest BCUT2D eigenvalue weighted by atomic mass is 16.7. The third-order valence-electron chi connectivity index (χ3n) is 3.46. The van der Waals surface area contributed by atoms with Gasteiger partial charge in [-0.15, -0.1) is 0 Å². The number of nitrogens with zero attached hydrogens (tertiary/aromatic N) is 1. The summed E-state index contributed by atoms with van der Waals surface area (Å²) in [5, 5.41) is 3.35. The molecule has 1 N–H and O–H groups in total. The Kier molecular flexibility index (Phi) is 5.64. The Bertz CT molecular complexity index is 426. The van der Waals surface area contributed by atoms with E-state index in [1.54, 1.807) is 0 Å². The van der Waals surface area contributed by atoms with Crippen LogP contribution in [0.25, 0.3) is 0 Å². The van der Waals surface area contributed by atoms with Crippen molar-refractivity contribution < 1.29 is 14.2 Å². The first-order valence-corrected chi connectivity index (χ1v) is 7.07. The fourth-order valence-electron chi connectivity index (χ4n) is 2.26. The molecule has 1 atom stereocenters. The lowest BCUT2D eigenvalue weighted by molar-refractivity contribution is 0.119. The number of fused-ring (bicyclic) bond motifs is 1. The first-order valence-electron chi connectivity index (χ1n) is 7.07. The third kappa shape index (κ3) is 3.85. The number of likely N-dealkylation sites (N-methyl/N-ethyl adjacent to an activating group) is 2. The van der Waals surface area contributed by atoms with Crippen molar-refractivity contribution >= 4 is 0 Å². The first-order chi connectivity index (χ1) is 9.74. The van der Waals surface area contributed by atoms with E-state index in [1.807, 2.05) is 20.0 Å². The number of hydrogen-bond donors (Lipinski definition) is 1. The maximum absolute atomic E-state index is 5.43. The van der Waals surface area contributed by atoms with Gasteiger partial charge in [0.1, 0.15) is 0 Å². The van der Waals surface area contributed by atoms with E-state index in [0.717, 1.165) is 37.8 Å². The lowest BCUT2D eigenvalue weighted by Crippen LogP contribution is -2.33. The van der Waals surface area contributed by atoms with Crippen molar-refractivity contribution in [1.29, 1.82) is 0 Å². The van der Waals surface area contributed by atoms with E-state index in [2.05, 4.69) is 29.4 Å². The minimum atomic E-state index is 0.260. The predicted octanol–water partition coefficient (Wildman–Crippen LogP) is 1.64. The lowest BCUT2D eigenvalue weighted by atomic mass is 10.1. The van der Waals surface area contributed by atoms with E-state index in [-0.39, 0.29) is 6.04 Å². The molecule has 1 aromatic rings. The van der Waals surface area contributed by atoms with Crippen molar-refractivity contribution in [1.82, 2.24) is 10.2 Å². The highest BCUT2D eigenvalue weighted by Gasteiger charge is 2.18. The SMILES string of the molecule is CCOCCN(C)CC(NC)c1ccc2c(c1)OCO2. The van der Waals surface area contributed by atoms with Gasteiger partial charge in [-0.3, -0.25) is 0 Å². The molecule has 112 valence electrons. The van der Waals surface area contributed by atoms with Gasteiger partial charge >= 0.3 is 0 Å². The van der Waals surface area contributed by atoms with Crippen LogP contribution in [0.2, 0.25) is 0 Å². The van der Waals surface area contributed by atoms with Crippen LogP contribution in [0.5, 0.6) is 11.5 Å². The van der Waals surface area contributed by atoms with Gasteiger partial charge < -0.3 is 24.4 Å². The fourth-order valence-corrected chi connectivity index (χ4v) is 2.26. The lowest BCUT2D eigenvalue weighted by Gasteiger charge is -2.24. The van der Waals surface area contributed by atoms with Gasteiger partial charge in [0.15, 0.2) is 11.5 Å². The zero-order valence-electron chi connectivity index (χ0n) is 12.5. The molecule has 1 aromatic carbocycles. The molecule has 0 amide bonds. The zero-order chi connectivity index (χ0) is 14.4. The number of rotatable bonds is 8. The van der Waals surface area contributed by atoms with Crippen LogP contribution in [0.15, 0.2) is 18.2 Å². The maximum atomic E-state index is 5.43. The molecule has 5 nitrogen and oxygen atoms in total. The van der Waals surface area contributed by atoms with Crippen molar-refractivity contribution in [3.63, 3.8) is 0 Å². The number of hydrogen-bond acceptors (Lipinski definition) is 5. The highest BCUT2D eigenvalue weighted by Crippen LogP contribution is 2.34. The largest absolute Gasteiger partial charge is 0.454 e. The minimum Gasteiger partial charge on any atom is -0.454 e. The second kappa shape index (κ2) is 7.47. The van der Waals surface area contributed by atoms with Gasteiger partial charge in [-0.25, -0.2) is 0 Å². The molecule has 0 radical (unpaired) electrons. The predicted molar refractivity (Wildman–Crippen MR) is 78.4 cm³/mol. The minimum absolute atomic E-state index is 0.260. The molecule has 0 aliphatic carbocycles. The van der Waals surface area contributed by atoms with Crippen LogP contribution in [0.3, 0.4) is 0 Å². The average Bonchev–Trinajstić information content (AvgIpc) is 2.92. The van der Waals surface area contributed by atoms with E-state index in [0.29, 0.717) is 6.79 Å². The standard InChI is InChI=1S/C15H24N2O3/c1-4-18-8-7-17(3)10-13(16-2)12-5-6-14-15(9-12)20-11-19-14/h5-6,9,13,16H,4,7-8,10-11H2,1-3H3. The Morgan fingerprint density at radius 3 is 2.90 bits per heavy atom. The Balaban J connectivity index is 1.94. The molecule has 1 unspecified atom stereocenters. The molecule has 1 aliphatic rings. The van der Waals surface area contributed by atoms with Gasteiger partial charge in [-0.1, -0.05) is 6.07 Å². The van der Waals surface area contributed by atoms with Crippen LogP contribution in [0.1, 0.15) is 18.5 Å². The summed E-state index contributed by atoms with van der Waals surface area (Å²) >= 11 is 0. The summed E-state index contributed by atoms with van der Waals surface area (Å²) in [7, 11) is 4.09. The molecule has 0 aromatic heterocycles. The summed E-state index contributed by atoms with van der Waals surface area (Å²) in [5.74, 6) is 1.66. The molecule has 0 fully saturated rings. The molecular formula is C15H24N2O3. The number of nitrogens with one attached hydrogen (secondary N) is 1. The number of benzene rings is 1. The van der Waals surface area contributed by atoms with Crippen LogP contribution in [0.4, 0.5) is 0 Å². The smallest absolute Gasteiger partial charge is 0.231 e. The summed E-state index contributed by atoms with van der Waals surface area (Å²) in [6.45, 7) is 5.72.